The van der Waals surface area contributed by atoms with Crippen LogP contribution in [-0.4, -0.2) is 17.7 Å². The van der Waals surface area contributed by atoms with E-state index in [9.17, 15) is 9.18 Å². The Balaban J connectivity index is 1.82. The lowest BCUT2D eigenvalue weighted by atomic mass is 10.1. The first-order chi connectivity index (χ1) is 10.6. The number of halogens is 2. The van der Waals surface area contributed by atoms with Gasteiger partial charge in [0.2, 0.25) is 0 Å². The highest BCUT2D eigenvalue weighted by atomic mass is 35.5. The summed E-state index contributed by atoms with van der Waals surface area (Å²) in [5.74, 6) is -1.20. The number of amides is 1. The van der Waals surface area contributed by atoms with Crippen LogP contribution in [0.3, 0.4) is 0 Å². The molecular weight excluding hydrogens is 307 g/mol. The van der Waals surface area contributed by atoms with Gasteiger partial charge in [0.05, 0.1) is 0 Å². The summed E-state index contributed by atoms with van der Waals surface area (Å²) < 4.78 is 14.1. The molecule has 0 saturated heterocycles. The van der Waals surface area contributed by atoms with Crippen LogP contribution in [-0.2, 0) is 13.0 Å². The fraction of sp³-hybridized carbons (Fsp3) is 0.188. The Bertz CT molecular complexity index is 736. The summed E-state index contributed by atoms with van der Waals surface area (Å²) in [6, 6.07) is 9.87. The SMILES string of the molecule is O=C(NO)c1ccc(CN2CCc3cc(Cl)ccc32)c(F)c1. The predicted octanol–water partition coefficient (Wildman–Crippen LogP) is 3.16. The van der Waals surface area contributed by atoms with Crippen molar-refractivity contribution in [2.45, 2.75) is 13.0 Å². The van der Waals surface area contributed by atoms with Crippen LogP contribution in [0.4, 0.5) is 10.1 Å². The van der Waals surface area contributed by atoms with E-state index in [0.717, 1.165) is 30.3 Å². The van der Waals surface area contributed by atoms with Crippen LogP contribution < -0.4 is 10.4 Å². The number of hydrogen-bond donors (Lipinski definition) is 2. The Morgan fingerprint density at radius 2 is 2.14 bits per heavy atom. The quantitative estimate of drug-likeness (QED) is 0.674. The van der Waals surface area contributed by atoms with E-state index in [1.807, 2.05) is 18.2 Å². The Kier molecular flexibility index (Phi) is 4.00. The van der Waals surface area contributed by atoms with E-state index in [4.69, 9.17) is 16.8 Å². The molecule has 0 bridgehead atoms. The zero-order valence-corrected chi connectivity index (χ0v) is 12.4. The number of rotatable bonds is 3. The number of fused-ring (bicyclic) bond motifs is 1. The van der Waals surface area contributed by atoms with Gasteiger partial charge in [0.25, 0.3) is 5.91 Å². The number of anilines is 1. The van der Waals surface area contributed by atoms with E-state index < -0.39 is 11.7 Å². The van der Waals surface area contributed by atoms with Gasteiger partial charge in [-0.25, -0.2) is 9.87 Å². The van der Waals surface area contributed by atoms with Crippen LogP contribution in [0.15, 0.2) is 36.4 Å². The first-order valence-corrected chi connectivity index (χ1v) is 7.22. The molecule has 2 N–H and O–H groups in total. The van der Waals surface area contributed by atoms with E-state index in [1.54, 1.807) is 6.07 Å². The zero-order chi connectivity index (χ0) is 15.7. The van der Waals surface area contributed by atoms with Crippen molar-refractivity contribution < 1.29 is 14.4 Å². The third-order valence-corrected chi connectivity index (χ3v) is 4.05. The molecule has 114 valence electrons. The van der Waals surface area contributed by atoms with Gasteiger partial charge >= 0.3 is 0 Å². The molecule has 2 aromatic carbocycles. The monoisotopic (exact) mass is 320 g/mol. The Morgan fingerprint density at radius 3 is 2.86 bits per heavy atom. The standard InChI is InChI=1S/C16H14ClFN2O2/c17-13-3-4-15-10(7-13)5-6-20(15)9-12-2-1-11(8-14(12)18)16(21)19-22/h1-4,7-8,22H,5-6,9H2,(H,19,21). The highest BCUT2D eigenvalue weighted by Crippen LogP contribution is 2.31. The molecule has 0 saturated carbocycles. The number of benzene rings is 2. The summed E-state index contributed by atoms with van der Waals surface area (Å²) >= 11 is 5.98. The minimum Gasteiger partial charge on any atom is -0.367 e. The van der Waals surface area contributed by atoms with Crippen LogP contribution in [0.2, 0.25) is 5.02 Å². The lowest BCUT2D eigenvalue weighted by Crippen LogP contribution is -2.21. The van der Waals surface area contributed by atoms with Gasteiger partial charge in [0.15, 0.2) is 0 Å². The molecule has 22 heavy (non-hydrogen) atoms. The lowest BCUT2D eigenvalue weighted by molar-refractivity contribution is 0.0706. The maximum absolute atomic E-state index is 14.1. The largest absolute Gasteiger partial charge is 0.367 e. The molecule has 6 heteroatoms. The van der Waals surface area contributed by atoms with Gasteiger partial charge in [-0.3, -0.25) is 10.0 Å². The molecule has 0 aliphatic carbocycles. The molecule has 0 radical (unpaired) electrons. The number of carbonyl (C=O) groups excluding carboxylic acids is 1. The van der Waals surface area contributed by atoms with Gasteiger partial charge in [0, 0.05) is 34.9 Å². The van der Waals surface area contributed by atoms with Crippen molar-refractivity contribution in [3.8, 4) is 0 Å². The molecular formula is C16H14ClFN2O2. The molecule has 3 rings (SSSR count). The highest BCUT2D eigenvalue weighted by molar-refractivity contribution is 6.30. The zero-order valence-electron chi connectivity index (χ0n) is 11.6. The smallest absolute Gasteiger partial charge is 0.274 e. The van der Waals surface area contributed by atoms with Crippen molar-refractivity contribution in [2.75, 3.05) is 11.4 Å². The third kappa shape index (κ3) is 2.77. The van der Waals surface area contributed by atoms with Gasteiger partial charge in [0.1, 0.15) is 5.82 Å². The lowest BCUT2D eigenvalue weighted by Gasteiger charge is -2.20. The Hall–Kier alpha value is -2.11. The number of hydrogen-bond acceptors (Lipinski definition) is 3. The van der Waals surface area contributed by atoms with Crippen LogP contribution in [0.5, 0.6) is 0 Å². The van der Waals surface area contributed by atoms with E-state index in [-0.39, 0.29) is 5.56 Å². The van der Waals surface area contributed by atoms with Gasteiger partial charge in [-0.2, -0.15) is 0 Å². The van der Waals surface area contributed by atoms with Gasteiger partial charge < -0.3 is 4.90 Å². The number of nitrogens with one attached hydrogen (secondary N) is 1. The van der Waals surface area contributed by atoms with Crippen LogP contribution >= 0.6 is 11.6 Å². The van der Waals surface area contributed by atoms with Crippen molar-refractivity contribution in [3.63, 3.8) is 0 Å². The fourth-order valence-electron chi connectivity index (χ4n) is 2.69. The van der Waals surface area contributed by atoms with E-state index >= 15 is 0 Å². The predicted molar refractivity (Wildman–Crippen MR) is 81.9 cm³/mol. The molecule has 1 heterocycles. The number of carbonyl (C=O) groups is 1. The second-order valence-corrected chi connectivity index (χ2v) is 5.63. The molecule has 1 amide bonds. The average Bonchev–Trinajstić information content (AvgIpc) is 2.90. The van der Waals surface area contributed by atoms with Gasteiger partial charge in [-0.15, -0.1) is 0 Å². The van der Waals surface area contributed by atoms with Crippen LogP contribution in [0, 0.1) is 5.82 Å². The average molecular weight is 321 g/mol. The Morgan fingerprint density at radius 1 is 1.32 bits per heavy atom. The fourth-order valence-corrected chi connectivity index (χ4v) is 2.88. The maximum Gasteiger partial charge on any atom is 0.274 e. The maximum atomic E-state index is 14.1. The van der Waals surface area contributed by atoms with E-state index in [1.165, 1.54) is 11.5 Å². The molecule has 0 atom stereocenters. The Labute approximate surface area is 132 Å². The first kappa shape index (κ1) is 14.8. The summed E-state index contributed by atoms with van der Waals surface area (Å²) in [6.45, 7) is 1.22. The minimum absolute atomic E-state index is 0.0809. The minimum atomic E-state index is -0.730. The topological polar surface area (TPSA) is 52.6 Å². The number of hydroxylamine groups is 1. The molecule has 0 spiro atoms. The molecule has 1 aliphatic rings. The molecule has 1 aliphatic heterocycles. The summed E-state index contributed by atoms with van der Waals surface area (Å²) in [4.78, 5) is 13.3. The van der Waals surface area contributed by atoms with Crippen molar-refractivity contribution in [3.05, 3.63) is 63.9 Å². The summed E-state index contributed by atoms with van der Waals surface area (Å²) in [5.41, 5.74) is 4.28. The summed E-state index contributed by atoms with van der Waals surface area (Å²) in [5, 5.41) is 9.27. The van der Waals surface area contributed by atoms with Crippen molar-refractivity contribution >= 4 is 23.2 Å². The normalized spacial score (nSPS) is 13.1. The van der Waals surface area contributed by atoms with E-state index in [0.29, 0.717) is 17.1 Å². The number of nitrogens with zero attached hydrogens (tertiary/aromatic N) is 1. The first-order valence-electron chi connectivity index (χ1n) is 6.84. The summed E-state index contributed by atoms with van der Waals surface area (Å²) in [7, 11) is 0. The van der Waals surface area contributed by atoms with Crippen LogP contribution in [0.25, 0.3) is 0 Å². The van der Waals surface area contributed by atoms with Gasteiger partial charge in [-0.05, 0) is 42.3 Å². The third-order valence-electron chi connectivity index (χ3n) is 3.81. The van der Waals surface area contributed by atoms with Crippen molar-refractivity contribution in [1.82, 2.24) is 5.48 Å². The van der Waals surface area contributed by atoms with Crippen LogP contribution in [0.1, 0.15) is 21.5 Å². The molecule has 2 aromatic rings. The van der Waals surface area contributed by atoms with E-state index in [2.05, 4.69) is 4.90 Å². The molecule has 0 aromatic heterocycles. The van der Waals surface area contributed by atoms with Gasteiger partial charge in [-0.1, -0.05) is 17.7 Å². The highest BCUT2D eigenvalue weighted by Gasteiger charge is 2.20. The van der Waals surface area contributed by atoms with Crippen molar-refractivity contribution in [2.24, 2.45) is 0 Å². The van der Waals surface area contributed by atoms with Crippen molar-refractivity contribution in [1.29, 1.82) is 0 Å². The molecule has 4 nitrogen and oxygen atoms in total. The second-order valence-electron chi connectivity index (χ2n) is 5.19. The molecule has 0 unspecified atom stereocenters. The second kappa shape index (κ2) is 5.94. The summed E-state index contributed by atoms with van der Waals surface area (Å²) in [6.07, 6.45) is 0.877. The molecule has 0 fully saturated rings.